The number of hydrogen-bond acceptors (Lipinski definition) is 5. The smallest absolute Gasteiger partial charge is 0.330 e. The molecule has 7 nitrogen and oxygen atoms in total. The Morgan fingerprint density at radius 1 is 1.56 bits per heavy atom. The molecule has 2 heterocycles. The highest BCUT2D eigenvalue weighted by Crippen LogP contribution is 2.26. The van der Waals surface area contributed by atoms with Gasteiger partial charge in [0.1, 0.15) is 12.3 Å². The van der Waals surface area contributed by atoms with Gasteiger partial charge in [-0.05, 0) is 0 Å². The molecule has 88 valence electrons. The lowest BCUT2D eigenvalue weighted by atomic mass is 10.2. The summed E-state index contributed by atoms with van der Waals surface area (Å²) in [6, 6.07) is 1.20. The van der Waals surface area contributed by atoms with Crippen LogP contribution < -0.4 is 11.2 Å². The molecule has 1 aliphatic rings. The maximum Gasteiger partial charge on any atom is 0.330 e. The molecule has 2 unspecified atom stereocenters. The molecule has 0 saturated carbocycles. The van der Waals surface area contributed by atoms with E-state index in [4.69, 9.17) is 9.84 Å². The average Bonchev–Trinajstić information content (AvgIpc) is 2.59. The third-order valence-electron chi connectivity index (χ3n) is 2.55. The highest BCUT2D eigenvalue weighted by Gasteiger charge is 2.34. The van der Waals surface area contributed by atoms with E-state index in [1.165, 1.54) is 16.8 Å². The van der Waals surface area contributed by atoms with Crippen molar-refractivity contribution in [3.63, 3.8) is 0 Å². The van der Waals surface area contributed by atoms with E-state index in [9.17, 15) is 14.7 Å². The van der Waals surface area contributed by atoms with Crippen molar-refractivity contribution in [1.82, 2.24) is 9.55 Å². The minimum absolute atomic E-state index is 0.206. The number of ether oxygens (including phenoxy) is 1. The number of H-pyrrole nitrogens is 1. The highest BCUT2D eigenvalue weighted by molar-refractivity contribution is 4.88. The number of aromatic amines is 1. The molecule has 1 fully saturated rings. The van der Waals surface area contributed by atoms with Gasteiger partial charge >= 0.3 is 5.69 Å². The lowest BCUT2D eigenvalue weighted by Gasteiger charge is -2.13. The Balaban J connectivity index is 2.27. The van der Waals surface area contributed by atoms with Crippen LogP contribution in [0.4, 0.5) is 0 Å². The Morgan fingerprint density at radius 2 is 2.31 bits per heavy atom. The second kappa shape index (κ2) is 4.20. The zero-order valence-electron chi connectivity index (χ0n) is 8.37. The summed E-state index contributed by atoms with van der Waals surface area (Å²) in [5, 5.41) is 18.4. The van der Waals surface area contributed by atoms with Gasteiger partial charge in [0.2, 0.25) is 0 Å². The number of hydrogen-bond donors (Lipinski definition) is 3. The zero-order chi connectivity index (χ0) is 11.7. The minimum Gasteiger partial charge on any atom is -0.394 e. The molecular formula is C9H12N2O5. The first-order valence-corrected chi connectivity index (χ1v) is 4.87. The second-order valence-electron chi connectivity index (χ2n) is 3.63. The zero-order valence-corrected chi connectivity index (χ0v) is 8.37. The number of aliphatic hydroxyl groups is 2. The van der Waals surface area contributed by atoms with Crippen LogP contribution in [0.1, 0.15) is 12.6 Å². The van der Waals surface area contributed by atoms with Crippen LogP contribution in [0.5, 0.6) is 0 Å². The van der Waals surface area contributed by atoms with Crippen LogP contribution in [0.15, 0.2) is 21.9 Å². The van der Waals surface area contributed by atoms with Crippen LogP contribution in [0.3, 0.4) is 0 Å². The third kappa shape index (κ3) is 1.92. The lowest BCUT2D eigenvalue weighted by molar-refractivity contribution is -0.0459. The number of nitrogens with one attached hydrogen (secondary N) is 1. The van der Waals surface area contributed by atoms with Crippen molar-refractivity contribution in [2.24, 2.45) is 0 Å². The van der Waals surface area contributed by atoms with E-state index in [2.05, 4.69) is 4.98 Å². The number of aromatic nitrogens is 2. The summed E-state index contributed by atoms with van der Waals surface area (Å²) in [6.45, 7) is -0.310. The fraction of sp³-hybridized carbons (Fsp3) is 0.556. The molecule has 0 aliphatic carbocycles. The molecule has 1 aliphatic heterocycles. The first-order valence-electron chi connectivity index (χ1n) is 4.87. The number of nitrogens with zero attached hydrogens (tertiary/aromatic N) is 1. The standard InChI is InChI=1S/C9H12N2O5/c12-4-6-5(13)3-8(16-6)11-2-1-7(14)10-9(11)15/h1-2,5-6,8,12-13H,3-4H2,(H,10,14,15)/t5-,6?,8?/m0/s1. The molecule has 16 heavy (non-hydrogen) atoms. The monoisotopic (exact) mass is 228 g/mol. The minimum atomic E-state index is -0.811. The van der Waals surface area contributed by atoms with Gasteiger partial charge in [0, 0.05) is 18.7 Å². The van der Waals surface area contributed by atoms with Gasteiger partial charge in [0.15, 0.2) is 0 Å². The summed E-state index contributed by atoms with van der Waals surface area (Å²) in [5.41, 5.74) is -1.08. The molecule has 2 rings (SSSR count). The predicted octanol–water partition coefficient (Wildman–Crippen LogP) is -1.82. The molecule has 0 aromatic carbocycles. The Kier molecular flexibility index (Phi) is 2.90. The van der Waals surface area contributed by atoms with Crippen molar-refractivity contribution < 1.29 is 14.9 Å². The predicted molar refractivity (Wildman–Crippen MR) is 52.9 cm³/mol. The highest BCUT2D eigenvalue weighted by atomic mass is 16.5. The van der Waals surface area contributed by atoms with Gasteiger partial charge in [-0.25, -0.2) is 4.79 Å². The molecule has 0 bridgehead atoms. The summed E-state index contributed by atoms with van der Waals surface area (Å²) in [6.07, 6.45) is -0.649. The van der Waals surface area contributed by atoms with E-state index in [0.29, 0.717) is 0 Å². The Morgan fingerprint density at radius 3 is 2.88 bits per heavy atom. The fourth-order valence-electron chi connectivity index (χ4n) is 1.70. The average molecular weight is 228 g/mol. The van der Waals surface area contributed by atoms with Crippen molar-refractivity contribution in [2.45, 2.75) is 24.9 Å². The van der Waals surface area contributed by atoms with Crippen molar-refractivity contribution in [2.75, 3.05) is 6.61 Å². The molecular weight excluding hydrogens is 216 g/mol. The van der Waals surface area contributed by atoms with Crippen LogP contribution in [0.2, 0.25) is 0 Å². The van der Waals surface area contributed by atoms with Crippen LogP contribution >= 0.6 is 0 Å². The van der Waals surface area contributed by atoms with Crippen LogP contribution in [0, 0.1) is 0 Å². The molecule has 3 atom stereocenters. The summed E-state index contributed by atoms with van der Waals surface area (Å²) >= 11 is 0. The molecule has 1 aromatic rings. The maximum atomic E-state index is 11.4. The van der Waals surface area contributed by atoms with E-state index in [0.717, 1.165) is 0 Å². The number of aliphatic hydroxyl groups excluding tert-OH is 2. The Bertz CT molecular complexity index is 479. The Labute approximate surface area is 89.9 Å². The number of rotatable bonds is 2. The normalized spacial score (nSPS) is 29.5. The van der Waals surface area contributed by atoms with Gasteiger partial charge < -0.3 is 14.9 Å². The van der Waals surface area contributed by atoms with Crippen molar-refractivity contribution in [1.29, 1.82) is 0 Å². The van der Waals surface area contributed by atoms with Crippen LogP contribution in [-0.4, -0.2) is 38.6 Å². The SMILES string of the molecule is O=c1ccn(C2C[C@H](O)C(CO)O2)c(=O)[nH]1. The summed E-state index contributed by atoms with van der Waals surface area (Å²) < 4.78 is 6.45. The summed E-state index contributed by atoms with van der Waals surface area (Å²) in [7, 11) is 0. The van der Waals surface area contributed by atoms with E-state index in [-0.39, 0.29) is 13.0 Å². The van der Waals surface area contributed by atoms with Crippen molar-refractivity contribution in [3.05, 3.63) is 33.1 Å². The van der Waals surface area contributed by atoms with Gasteiger partial charge in [-0.1, -0.05) is 0 Å². The molecule has 0 spiro atoms. The van der Waals surface area contributed by atoms with Crippen LogP contribution in [-0.2, 0) is 4.74 Å². The van der Waals surface area contributed by atoms with Gasteiger partial charge in [-0.2, -0.15) is 0 Å². The van der Waals surface area contributed by atoms with Crippen LogP contribution in [0.25, 0.3) is 0 Å². The van der Waals surface area contributed by atoms with Gasteiger partial charge in [0.05, 0.1) is 12.7 Å². The molecule has 7 heteroatoms. The van der Waals surface area contributed by atoms with E-state index in [1.54, 1.807) is 0 Å². The summed E-state index contributed by atoms with van der Waals surface area (Å²) in [4.78, 5) is 24.3. The lowest BCUT2D eigenvalue weighted by Crippen LogP contribution is -2.31. The second-order valence-corrected chi connectivity index (χ2v) is 3.63. The maximum absolute atomic E-state index is 11.4. The van der Waals surface area contributed by atoms with Crippen molar-refractivity contribution in [3.8, 4) is 0 Å². The first-order chi connectivity index (χ1) is 7.61. The topological polar surface area (TPSA) is 105 Å². The van der Waals surface area contributed by atoms with Gasteiger partial charge in [-0.15, -0.1) is 0 Å². The van der Waals surface area contributed by atoms with E-state index in [1.807, 2.05) is 0 Å². The Hall–Kier alpha value is -1.44. The van der Waals surface area contributed by atoms with E-state index < -0.39 is 29.7 Å². The molecule has 3 N–H and O–H groups in total. The quantitative estimate of drug-likeness (QED) is 0.552. The first kappa shape index (κ1) is 11.1. The fourth-order valence-corrected chi connectivity index (χ4v) is 1.70. The molecule has 0 amide bonds. The van der Waals surface area contributed by atoms with Gasteiger partial charge in [-0.3, -0.25) is 14.3 Å². The largest absolute Gasteiger partial charge is 0.394 e. The third-order valence-corrected chi connectivity index (χ3v) is 2.55. The summed E-state index contributed by atoms with van der Waals surface area (Å²) in [5.74, 6) is 0. The van der Waals surface area contributed by atoms with Crippen molar-refractivity contribution >= 4 is 0 Å². The molecule has 1 aromatic heterocycles. The molecule has 0 radical (unpaired) electrons. The molecule has 1 saturated heterocycles. The van der Waals surface area contributed by atoms with Gasteiger partial charge in [0.25, 0.3) is 5.56 Å². The van der Waals surface area contributed by atoms with E-state index >= 15 is 0 Å².